The fourth-order valence-corrected chi connectivity index (χ4v) is 3.71. The molecule has 1 aliphatic heterocycles. The second kappa shape index (κ2) is 6.71. The van der Waals surface area contributed by atoms with Gasteiger partial charge in [-0.2, -0.15) is 5.10 Å². The number of aromatic nitrogens is 2. The van der Waals surface area contributed by atoms with E-state index in [-0.39, 0.29) is 11.6 Å². The van der Waals surface area contributed by atoms with E-state index < -0.39 is 0 Å². The normalized spacial score (nSPS) is 18.5. The fourth-order valence-electron chi connectivity index (χ4n) is 3.71. The number of nitrogens with zero attached hydrogens (tertiary/aromatic N) is 2. The topological polar surface area (TPSA) is 39.1 Å². The van der Waals surface area contributed by atoms with Gasteiger partial charge in [0, 0.05) is 0 Å². The number of benzene rings is 1. The van der Waals surface area contributed by atoms with E-state index in [9.17, 15) is 0 Å². The smallest absolute Gasteiger partial charge is 0.136 e. The summed E-state index contributed by atoms with van der Waals surface area (Å²) in [5.41, 5.74) is 2.29. The van der Waals surface area contributed by atoms with Gasteiger partial charge in [0.1, 0.15) is 11.6 Å². The maximum Gasteiger partial charge on any atom is 0.136 e. The quantitative estimate of drug-likeness (QED) is 0.763. The van der Waals surface area contributed by atoms with Crippen molar-refractivity contribution in [1.29, 1.82) is 0 Å². The highest BCUT2D eigenvalue weighted by atomic mass is 16.5. The standard InChI is InChI=1S/C20H27N3O/c1-5-20(6-2)13-18(16-11-9-8-10-12-16)22-19-17(14-21-23(19)20)15(4)24-7-3/h8-12,14,18,22H,4-7,13H2,1-3H3. The van der Waals surface area contributed by atoms with Crippen LogP contribution >= 0.6 is 0 Å². The fraction of sp³-hybridized carbons (Fsp3) is 0.450. The first-order valence-electron chi connectivity index (χ1n) is 8.87. The van der Waals surface area contributed by atoms with Crippen LogP contribution in [0.3, 0.4) is 0 Å². The number of ether oxygens (including phenoxy) is 1. The molecule has 1 unspecified atom stereocenters. The molecule has 0 aliphatic carbocycles. The van der Waals surface area contributed by atoms with Crippen molar-refractivity contribution in [1.82, 2.24) is 9.78 Å². The van der Waals surface area contributed by atoms with E-state index in [2.05, 4.69) is 60.8 Å². The summed E-state index contributed by atoms with van der Waals surface area (Å²) in [5, 5.41) is 8.38. The molecule has 1 aromatic carbocycles. The Labute approximate surface area is 144 Å². The van der Waals surface area contributed by atoms with Gasteiger partial charge >= 0.3 is 0 Å². The van der Waals surface area contributed by atoms with Gasteiger partial charge in [0.15, 0.2) is 0 Å². The molecule has 4 nitrogen and oxygen atoms in total. The molecule has 0 saturated heterocycles. The Morgan fingerprint density at radius 3 is 2.62 bits per heavy atom. The van der Waals surface area contributed by atoms with Crippen LogP contribution in [0.25, 0.3) is 5.76 Å². The summed E-state index contributed by atoms with van der Waals surface area (Å²) in [4.78, 5) is 0. The van der Waals surface area contributed by atoms with Gasteiger partial charge < -0.3 is 10.1 Å². The van der Waals surface area contributed by atoms with Crippen LogP contribution in [0.15, 0.2) is 43.1 Å². The van der Waals surface area contributed by atoms with Gasteiger partial charge in [-0.3, -0.25) is 0 Å². The first kappa shape index (κ1) is 16.6. The molecule has 0 spiro atoms. The van der Waals surface area contributed by atoms with E-state index in [0.717, 1.165) is 30.6 Å². The second-order valence-corrected chi connectivity index (χ2v) is 6.42. The zero-order chi connectivity index (χ0) is 17.2. The van der Waals surface area contributed by atoms with Crippen LogP contribution in [-0.2, 0) is 10.3 Å². The van der Waals surface area contributed by atoms with Crippen LogP contribution in [0.2, 0.25) is 0 Å². The third-order valence-electron chi connectivity index (χ3n) is 5.25. The predicted octanol–water partition coefficient (Wildman–Crippen LogP) is 4.96. The minimum absolute atomic E-state index is 0.0197. The molecule has 4 heteroatoms. The Morgan fingerprint density at radius 1 is 1.29 bits per heavy atom. The summed E-state index contributed by atoms with van der Waals surface area (Å²) >= 11 is 0. The Kier molecular flexibility index (Phi) is 4.65. The van der Waals surface area contributed by atoms with Crippen LogP contribution in [0.5, 0.6) is 0 Å². The molecule has 0 amide bonds. The number of hydrogen-bond acceptors (Lipinski definition) is 3. The molecule has 0 fully saturated rings. The van der Waals surface area contributed by atoms with Gasteiger partial charge in [0.2, 0.25) is 0 Å². The van der Waals surface area contributed by atoms with Crippen LogP contribution in [0.4, 0.5) is 5.82 Å². The van der Waals surface area contributed by atoms with Gasteiger partial charge in [0.05, 0.1) is 29.9 Å². The predicted molar refractivity (Wildman–Crippen MR) is 98.9 cm³/mol. The minimum Gasteiger partial charge on any atom is -0.494 e. The van der Waals surface area contributed by atoms with E-state index in [4.69, 9.17) is 9.84 Å². The van der Waals surface area contributed by atoms with Gasteiger partial charge in [-0.1, -0.05) is 50.8 Å². The molecule has 2 aromatic rings. The van der Waals surface area contributed by atoms with Crippen molar-refractivity contribution in [2.24, 2.45) is 0 Å². The summed E-state index contributed by atoms with van der Waals surface area (Å²) in [6.45, 7) is 11.2. The van der Waals surface area contributed by atoms with E-state index in [0.29, 0.717) is 12.4 Å². The van der Waals surface area contributed by atoms with Crippen LogP contribution in [-0.4, -0.2) is 16.4 Å². The van der Waals surface area contributed by atoms with Gasteiger partial charge in [-0.05, 0) is 31.7 Å². The van der Waals surface area contributed by atoms with E-state index >= 15 is 0 Å². The van der Waals surface area contributed by atoms with Crippen molar-refractivity contribution in [2.45, 2.75) is 51.6 Å². The lowest BCUT2D eigenvalue weighted by Crippen LogP contribution is -2.41. The van der Waals surface area contributed by atoms with Crippen molar-refractivity contribution in [3.8, 4) is 0 Å². The van der Waals surface area contributed by atoms with E-state index in [1.54, 1.807) is 0 Å². The Bertz CT molecular complexity index is 701. The Morgan fingerprint density at radius 2 is 2.00 bits per heavy atom. The highest BCUT2D eigenvalue weighted by Gasteiger charge is 2.40. The third kappa shape index (κ3) is 2.70. The van der Waals surface area contributed by atoms with Gasteiger partial charge in [-0.25, -0.2) is 4.68 Å². The Balaban J connectivity index is 2.06. The molecular formula is C20H27N3O. The molecule has 0 saturated carbocycles. The number of nitrogens with one attached hydrogen (secondary N) is 1. The molecule has 0 bridgehead atoms. The number of hydrogen-bond donors (Lipinski definition) is 1. The molecule has 2 heterocycles. The SMILES string of the molecule is C=C(OCC)c1cnn2c1NC(c1ccccc1)CC2(CC)CC. The molecule has 3 rings (SSSR count). The van der Waals surface area contributed by atoms with Crippen LogP contribution in [0.1, 0.15) is 57.2 Å². The number of anilines is 1. The first-order chi connectivity index (χ1) is 11.6. The lowest BCUT2D eigenvalue weighted by atomic mass is 9.82. The Hall–Kier alpha value is -2.23. The zero-order valence-corrected chi connectivity index (χ0v) is 14.9. The highest BCUT2D eigenvalue weighted by molar-refractivity contribution is 5.69. The largest absolute Gasteiger partial charge is 0.494 e. The lowest BCUT2D eigenvalue weighted by Gasteiger charge is -2.42. The van der Waals surface area contributed by atoms with Crippen molar-refractivity contribution < 1.29 is 4.74 Å². The second-order valence-electron chi connectivity index (χ2n) is 6.42. The van der Waals surface area contributed by atoms with Gasteiger partial charge in [0.25, 0.3) is 0 Å². The molecule has 1 N–H and O–H groups in total. The van der Waals surface area contributed by atoms with Crippen molar-refractivity contribution >= 4 is 11.6 Å². The van der Waals surface area contributed by atoms with Crippen molar-refractivity contribution in [3.05, 3.63) is 54.2 Å². The molecule has 0 radical (unpaired) electrons. The number of fused-ring (bicyclic) bond motifs is 1. The molecule has 1 aromatic heterocycles. The third-order valence-corrected chi connectivity index (χ3v) is 5.25. The first-order valence-corrected chi connectivity index (χ1v) is 8.87. The summed E-state index contributed by atoms with van der Waals surface area (Å²) in [6, 6.07) is 10.9. The lowest BCUT2D eigenvalue weighted by molar-refractivity contribution is 0.191. The van der Waals surface area contributed by atoms with Gasteiger partial charge in [-0.15, -0.1) is 0 Å². The van der Waals surface area contributed by atoms with Crippen molar-refractivity contribution in [2.75, 3.05) is 11.9 Å². The molecule has 1 atom stereocenters. The average Bonchev–Trinajstić information content (AvgIpc) is 3.06. The molecule has 24 heavy (non-hydrogen) atoms. The minimum atomic E-state index is 0.0197. The summed E-state index contributed by atoms with van der Waals surface area (Å²) in [7, 11) is 0. The van der Waals surface area contributed by atoms with Crippen LogP contribution < -0.4 is 5.32 Å². The van der Waals surface area contributed by atoms with Crippen molar-refractivity contribution in [3.63, 3.8) is 0 Å². The maximum atomic E-state index is 5.64. The highest BCUT2D eigenvalue weighted by Crippen LogP contribution is 2.45. The monoisotopic (exact) mass is 325 g/mol. The van der Waals surface area contributed by atoms with Crippen LogP contribution in [0, 0.1) is 0 Å². The summed E-state index contributed by atoms with van der Waals surface area (Å²) in [6.07, 6.45) is 5.00. The maximum absolute atomic E-state index is 5.64. The molecule has 1 aliphatic rings. The summed E-state index contributed by atoms with van der Waals surface area (Å²) in [5.74, 6) is 1.71. The van der Waals surface area contributed by atoms with E-state index in [1.165, 1.54) is 5.56 Å². The average molecular weight is 325 g/mol. The molecular weight excluding hydrogens is 298 g/mol. The summed E-state index contributed by atoms with van der Waals surface area (Å²) < 4.78 is 7.80. The zero-order valence-electron chi connectivity index (χ0n) is 14.9. The molecule has 128 valence electrons. The van der Waals surface area contributed by atoms with E-state index in [1.807, 2.05) is 13.1 Å². The number of rotatable bonds is 6.